The van der Waals surface area contributed by atoms with Crippen LogP contribution < -0.4 is 10.5 Å². The minimum atomic E-state index is -1.25. The molecule has 0 amide bonds. The minimum Gasteiger partial charge on any atom is -0.494 e. The molecule has 1 rings (SSSR count). The number of anilines is 1. The summed E-state index contributed by atoms with van der Waals surface area (Å²) in [6.07, 6.45) is 0. The lowest BCUT2D eigenvalue weighted by atomic mass is 10.0. The zero-order chi connectivity index (χ0) is 14.8. The van der Waals surface area contributed by atoms with Crippen molar-refractivity contribution < 1.29 is 24.2 Å². The van der Waals surface area contributed by atoms with Gasteiger partial charge in [0.1, 0.15) is 11.2 Å². The summed E-state index contributed by atoms with van der Waals surface area (Å²) >= 11 is 0. The Hall–Kier alpha value is -2.24. The average Bonchev–Trinajstić information content (AvgIpc) is 2.25. The van der Waals surface area contributed by atoms with Crippen LogP contribution in [0.15, 0.2) is 12.1 Å². The van der Waals surface area contributed by atoms with Crippen LogP contribution in [0.1, 0.15) is 41.5 Å². The Morgan fingerprint density at radius 1 is 1.26 bits per heavy atom. The summed E-state index contributed by atoms with van der Waals surface area (Å²) in [7, 11) is 1.31. The molecule has 0 aliphatic rings. The molecule has 0 saturated carbocycles. The summed E-state index contributed by atoms with van der Waals surface area (Å²) in [5, 5.41) is 9.12. The number of carboxylic acids is 1. The highest BCUT2D eigenvalue weighted by molar-refractivity contribution is 6.06. The lowest BCUT2D eigenvalue weighted by molar-refractivity contribution is 0.00628. The smallest absolute Gasteiger partial charge is 0.343 e. The van der Waals surface area contributed by atoms with Gasteiger partial charge in [0.05, 0.1) is 18.4 Å². The van der Waals surface area contributed by atoms with Gasteiger partial charge in [-0.05, 0) is 32.9 Å². The maximum atomic E-state index is 12.1. The SMILES string of the molecule is COc1c(N)ccc(C(=O)O)c1C(=O)OC(C)(C)C. The van der Waals surface area contributed by atoms with Crippen molar-refractivity contribution in [1.82, 2.24) is 0 Å². The van der Waals surface area contributed by atoms with Crippen molar-refractivity contribution in [3.63, 3.8) is 0 Å². The predicted octanol–water partition coefficient (Wildman–Crippen LogP) is 1.93. The number of benzene rings is 1. The van der Waals surface area contributed by atoms with E-state index >= 15 is 0 Å². The van der Waals surface area contributed by atoms with Crippen molar-refractivity contribution in [2.75, 3.05) is 12.8 Å². The van der Waals surface area contributed by atoms with E-state index in [0.717, 1.165) is 0 Å². The maximum absolute atomic E-state index is 12.1. The number of carbonyl (C=O) groups excluding carboxylic acids is 1. The molecule has 0 aliphatic heterocycles. The first-order valence-electron chi connectivity index (χ1n) is 5.60. The molecule has 0 atom stereocenters. The number of aromatic carboxylic acids is 1. The predicted molar refractivity (Wildman–Crippen MR) is 69.5 cm³/mol. The number of esters is 1. The van der Waals surface area contributed by atoms with Crippen LogP contribution in [0.25, 0.3) is 0 Å². The second kappa shape index (κ2) is 5.17. The van der Waals surface area contributed by atoms with E-state index in [0.29, 0.717) is 0 Å². The third-order valence-corrected chi connectivity index (χ3v) is 2.23. The second-order valence-electron chi connectivity index (χ2n) is 4.92. The van der Waals surface area contributed by atoms with Gasteiger partial charge in [-0.2, -0.15) is 0 Å². The molecule has 1 aromatic rings. The first-order chi connectivity index (χ1) is 8.67. The van der Waals surface area contributed by atoms with Crippen molar-refractivity contribution in [2.24, 2.45) is 0 Å². The minimum absolute atomic E-state index is 0.00847. The molecular formula is C13H17NO5. The van der Waals surface area contributed by atoms with Crippen molar-refractivity contribution in [3.8, 4) is 5.75 Å². The quantitative estimate of drug-likeness (QED) is 0.641. The molecule has 6 heteroatoms. The first kappa shape index (κ1) is 14.8. The first-order valence-corrected chi connectivity index (χ1v) is 5.60. The van der Waals surface area contributed by atoms with Crippen LogP contribution in [0, 0.1) is 0 Å². The normalized spacial score (nSPS) is 10.9. The monoisotopic (exact) mass is 267 g/mol. The van der Waals surface area contributed by atoms with Crippen LogP contribution in [-0.2, 0) is 4.74 Å². The van der Waals surface area contributed by atoms with Crippen LogP contribution in [0.3, 0.4) is 0 Å². The van der Waals surface area contributed by atoms with E-state index in [4.69, 9.17) is 20.3 Å². The van der Waals surface area contributed by atoms with Crippen molar-refractivity contribution in [3.05, 3.63) is 23.3 Å². The average molecular weight is 267 g/mol. The molecule has 0 fully saturated rings. The summed E-state index contributed by atoms with van der Waals surface area (Å²) in [5.41, 5.74) is 4.72. The van der Waals surface area contributed by atoms with E-state index in [1.165, 1.54) is 19.2 Å². The Balaban J connectivity index is 3.41. The molecule has 6 nitrogen and oxygen atoms in total. The fraction of sp³-hybridized carbons (Fsp3) is 0.385. The molecule has 0 bridgehead atoms. The molecule has 1 aromatic carbocycles. The van der Waals surface area contributed by atoms with Gasteiger partial charge in [-0.15, -0.1) is 0 Å². The van der Waals surface area contributed by atoms with E-state index < -0.39 is 17.5 Å². The highest BCUT2D eigenvalue weighted by Gasteiger charge is 2.27. The molecule has 104 valence electrons. The zero-order valence-electron chi connectivity index (χ0n) is 11.3. The number of carbonyl (C=O) groups is 2. The van der Waals surface area contributed by atoms with Gasteiger partial charge in [-0.1, -0.05) is 0 Å². The number of rotatable bonds is 3. The number of methoxy groups -OCH3 is 1. The summed E-state index contributed by atoms with van der Waals surface area (Å²) in [6.45, 7) is 5.05. The largest absolute Gasteiger partial charge is 0.494 e. The number of hydrogen-bond acceptors (Lipinski definition) is 5. The molecular weight excluding hydrogens is 250 g/mol. The van der Waals surface area contributed by atoms with E-state index in [1.54, 1.807) is 20.8 Å². The second-order valence-corrected chi connectivity index (χ2v) is 4.92. The molecule has 0 saturated heterocycles. The fourth-order valence-electron chi connectivity index (χ4n) is 1.53. The third-order valence-electron chi connectivity index (χ3n) is 2.23. The summed E-state index contributed by atoms with van der Waals surface area (Å²) in [6, 6.07) is 2.62. The van der Waals surface area contributed by atoms with E-state index in [9.17, 15) is 9.59 Å². The Bertz CT molecular complexity index is 517. The van der Waals surface area contributed by atoms with Crippen LogP contribution in [0.5, 0.6) is 5.75 Å². The summed E-state index contributed by atoms with van der Waals surface area (Å²) in [5.74, 6) is -2.03. The van der Waals surface area contributed by atoms with Crippen LogP contribution >= 0.6 is 0 Å². The van der Waals surface area contributed by atoms with Gasteiger partial charge >= 0.3 is 11.9 Å². The van der Waals surface area contributed by atoms with Crippen molar-refractivity contribution >= 4 is 17.6 Å². The Labute approximate surface area is 111 Å². The molecule has 0 aliphatic carbocycles. The molecule has 0 aromatic heterocycles. The Morgan fingerprint density at radius 2 is 1.84 bits per heavy atom. The number of nitrogens with two attached hydrogens (primary N) is 1. The van der Waals surface area contributed by atoms with Crippen LogP contribution in [0.2, 0.25) is 0 Å². The number of ether oxygens (including phenoxy) is 2. The number of nitrogen functional groups attached to an aromatic ring is 1. The van der Waals surface area contributed by atoms with E-state index in [1.807, 2.05) is 0 Å². The van der Waals surface area contributed by atoms with Crippen LogP contribution in [0.4, 0.5) is 5.69 Å². The van der Waals surface area contributed by atoms with Gasteiger partial charge in [0, 0.05) is 0 Å². The van der Waals surface area contributed by atoms with Crippen molar-refractivity contribution in [1.29, 1.82) is 0 Å². The van der Waals surface area contributed by atoms with Crippen molar-refractivity contribution in [2.45, 2.75) is 26.4 Å². The standard InChI is InChI=1S/C13H17NO5/c1-13(2,3)19-12(17)9-7(11(15)16)5-6-8(14)10(9)18-4/h5-6H,14H2,1-4H3,(H,15,16). The molecule has 0 spiro atoms. The van der Waals surface area contributed by atoms with Gasteiger partial charge < -0.3 is 20.3 Å². The third kappa shape index (κ3) is 3.37. The van der Waals surface area contributed by atoms with Gasteiger partial charge in [-0.3, -0.25) is 0 Å². The van der Waals surface area contributed by atoms with Gasteiger partial charge in [0.25, 0.3) is 0 Å². The Morgan fingerprint density at radius 3 is 2.26 bits per heavy atom. The lowest BCUT2D eigenvalue weighted by Crippen LogP contribution is -2.25. The number of carboxylic acid groups (broad SMARTS) is 1. The molecule has 0 heterocycles. The number of hydrogen-bond donors (Lipinski definition) is 2. The van der Waals surface area contributed by atoms with Gasteiger partial charge in [0.15, 0.2) is 5.75 Å². The highest BCUT2D eigenvalue weighted by Crippen LogP contribution is 2.31. The molecule has 0 unspecified atom stereocenters. The highest BCUT2D eigenvalue weighted by atomic mass is 16.6. The van der Waals surface area contributed by atoms with E-state index in [-0.39, 0.29) is 22.6 Å². The molecule has 3 N–H and O–H groups in total. The summed E-state index contributed by atoms with van der Waals surface area (Å²) < 4.78 is 10.2. The van der Waals surface area contributed by atoms with Gasteiger partial charge in [0.2, 0.25) is 0 Å². The van der Waals surface area contributed by atoms with Crippen LogP contribution in [-0.4, -0.2) is 29.8 Å². The Kier molecular flexibility index (Phi) is 4.04. The molecule has 0 radical (unpaired) electrons. The fourth-order valence-corrected chi connectivity index (χ4v) is 1.53. The maximum Gasteiger partial charge on any atom is 0.343 e. The topological polar surface area (TPSA) is 98.9 Å². The van der Waals surface area contributed by atoms with E-state index in [2.05, 4.69) is 0 Å². The zero-order valence-corrected chi connectivity index (χ0v) is 11.3. The lowest BCUT2D eigenvalue weighted by Gasteiger charge is -2.21. The van der Waals surface area contributed by atoms with Gasteiger partial charge in [-0.25, -0.2) is 9.59 Å². The molecule has 19 heavy (non-hydrogen) atoms. The summed E-state index contributed by atoms with van der Waals surface area (Å²) in [4.78, 5) is 23.3.